The number of rotatable bonds is 3. The Balaban J connectivity index is 2.38. The summed E-state index contributed by atoms with van der Waals surface area (Å²) in [5.74, 6) is -0.310. The minimum absolute atomic E-state index is 0.0383. The SMILES string of the molecule is N=C(N)C1CCCC1NC(=O)NCC(F)(F)F. The number of nitrogens with two attached hydrogens (primary N) is 1. The van der Waals surface area contributed by atoms with Crippen LogP contribution in [0, 0.1) is 11.3 Å². The number of amidine groups is 1. The highest BCUT2D eigenvalue weighted by Crippen LogP contribution is 2.25. The minimum Gasteiger partial charge on any atom is -0.387 e. The van der Waals surface area contributed by atoms with Gasteiger partial charge in [-0.05, 0) is 12.8 Å². The van der Waals surface area contributed by atoms with E-state index in [2.05, 4.69) is 5.32 Å². The minimum atomic E-state index is -4.42. The Morgan fingerprint density at radius 3 is 2.59 bits per heavy atom. The van der Waals surface area contributed by atoms with Gasteiger partial charge < -0.3 is 16.4 Å². The Labute approximate surface area is 96.4 Å². The van der Waals surface area contributed by atoms with Gasteiger partial charge >= 0.3 is 12.2 Å². The molecule has 0 aliphatic heterocycles. The highest BCUT2D eigenvalue weighted by atomic mass is 19.4. The third kappa shape index (κ3) is 4.49. The van der Waals surface area contributed by atoms with Crippen molar-refractivity contribution in [2.75, 3.05) is 6.54 Å². The molecule has 1 aliphatic carbocycles. The summed E-state index contributed by atoms with van der Waals surface area (Å²) in [5.41, 5.74) is 5.34. The van der Waals surface area contributed by atoms with E-state index in [4.69, 9.17) is 11.1 Å². The number of hydrogen-bond acceptors (Lipinski definition) is 2. The first-order chi connectivity index (χ1) is 7.79. The van der Waals surface area contributed by atoms with Crippen LogP contribution < -0.4 is 16.4 Å². The van der Waals surface area contributed by atoms with Crippen LogP contribution in [0.15, 0.2) is 0 Å². The molecule has 5 nitrogen and oxygen atoms in total. The Morgan fingerprint density at radius 1 is 1.41 bits per heavy atom. The quantitative estimate of drug-likeness (QED) is 0.445. The lowest BCUT2D eigenvalue weighted by atomic mass is 10.0. The highest BCUT2D eigenvalue weighted by molar-refractivity contribution is 5.82. The molecule has 1 saturated carbocycles. The molecule has 2 amide bonds. The molecule has 0 aromatic rings. The molecule has 17 heavy (non-hydrogen) atoms. The Kier molecular flexibility index (Phi) is 4.19. The molecule has 0 heterocycles. The lowest BCUT2D eigenvalue weighted by Crippen LogP contribution is -2.48. The lowest BCUT2D eigenvalue weighted by molar-refractivity contribution is -0.122. The Hall–Kier alpha value is -1.47. The zero-order valence-electron chi connectivity index (χ0n) is 9.10. The zero-order chi connectivity index (χ0) is 13.1. The number of amides is 2. The van der Waals surface area contributed by atoms with E-state index in [1.165, 1.54) is 0 Å². The van der Waals surface area contributed by atoms with Crippen LogP contribution in [0.1, 0.15) is 19.3 Å². The topological polar surface area (TPSA) is 91.0 Å². The van der Waals surface area contributed by atoms with Crippen LogP contribution in [0.3, 0.4) is 0 Å². The highest BCUT2D eigenvalue weighted by Gasteiger charge is 2.32. The van der Waals surface area contributed by atoms with E-state index in [1.807, 2.05) is 0 Å². The maximum atomic E-state index is 11.8. The van der Waals surface area contributed by atoms with Crippen molar-refractivity contribution in [3.05, 3.63) is 0 Å². The zero-order valence-corrected chi connectivity index (χ0v) is 9.10. The molecule has 0 spiro atoms. The Morgan fingerprint density at radius 2 is 2.06 bits per heavy atom. The number of carbonyl (C=O) groups excluding carboxylic acids is 1. The third-order valence-electron chi connectivity index (χ3n) is 2.68. The maximum Gasteiger partial charge on any atom is 0.405 e. The molecular weight excluding hydrogens is 237 g/mol. The van der Waals surface area contributed by atoms with Crippen LogP contribution in [-0.2, 0) is 0 Å². The van der Waals surface area contributed by atoms with Gasteiger partial charge in [0.2, 0.25) is 0 Å². The van der Waals surface area contributed by atoms with Gasteiger partial charge in [0.25, 0.3) is 0 Å². The van der Waals surface area contributed by atoms with Gasteiger partial charge in [-0.1, -0.05) is 6.42 Å². The van der Waals surface area contributed by atoms with Gasteiger partial charge in [0.1, 0.15) is 6.54 Å². The monoisotopic (exact) mass is 252 g/mol. The van der Waals surface area contributed by atoms with Crippen LogP contribution in [0.5, 0.6) is 0 Å². The fourth-order valence-corrected chi connectivity index (χ4v) is 1.90. The standard InChI is InChI=1S/C9H15F3N4O/c10-9(11,12)4-15-8(17)16-6-3-1-2-5(6)7(13)14/h5-6H,1-4H2,(H3,13,14)(H2,15,16,17). The molecule has 0 aromatic carbocycles. The van der Waals surface area contributed by atoms with E-state index in [0.717, 1.165) is 6.42 Å². The fourth-order valence-electron chi connectivity index (χ4n) is 1.90. The summed E-state index contributed by atoms with van der Waals surface area (Å²) >= 11 is 0. The number of alkyl halides is 3. The van der Waals surface area contributed by atoms with E-state index in [0.29, 0.717) is 12.8 Å². The second kappa shape index (κ2) is 5.24. The van der Waals surface area contributed by atoms with Gasteiger partial charge in [-0.15, -0.1) is 0 Å². The van der Waals surface area contributed by atoms with E-state index < -0.39 is 18.8 Å². The summed E-state index contributed by atoms with van der Waals surface area (Å²) in [5, 5.41) is 11.4. The number of carbonyl (C=O) groups is 1. The van der Waals surface area contributed by atoms with Crippen LogP contribution in [0.2, 0.25) is 0 Å². The average molecular weight is 252 g/mol. The first kappa shape index (κ1) is 13.6. The second-order valence-electron chi connectivity index (χ2n) is 4.04. The van der Waals surface area contributed by atoms with E-state index >= 15 is 0 Å². The van der Waals surface area contributed by atoms with Crippen LogP contribution in [0.25, 0.3) is 0 Å². The van der Waals surface area contributed by atoms with Gasteiger partial charge in [-0.3, -0.25) is 5.41 Å². The van der Waals surface area contributed by atoms with Gasteiger partial charge in [0.05, 0.1) is 5.84 Å². The van der Waals surface area contributed by atoms with Crippen molar-refractivity contribution in [3.63, 3.8) is 0 Å². The molecule has 98 valence electrons. The molecule has 1 aliphatic rings. The van der Waals surface area contributed by atoms with Crippen molar-refractivity contribution < 1.29 is 18.0 Å². The number of hydrogen-bond donors (Lipinski definition) is 4. The van der Waals surface area contributed by atoms with Crippen molar-refractivity contribution in [2.45, 2.75) is 31.5 Å². The maximum absolute atomic E-state index is 11.8. The summed E-state index contributed by atoms with van der Waals surface area (Å²) in [6.45, 7) is -1.36. The predicted molar refractivity (Wildman–Crippen MR) is 55.6 cm³/mol. The van der Waals surface area contributed by atoms with Gasteiger partial charge in [-0.25, -0.2) is 4.79 Å². The molecule has 0 saturated heterocycles. The summed E-state index contributed by atoms with van der Waals surface area (Å²) < 4.78 is 35.5. The molecule has 1 rings (SSSR count). The van der Waals surface area contributed by atoms with Gasteiger partial charge in [-0.2, -0.15) is 13.2 Å². The van der Waals surface area contributed by atoms with Crippen LogP contribution in [0.4, 0.5) is 18.0 Å². The smallest absolute Gasteiger partial charge is 0.387 e. The predicted octanol–water partition coefficient (Wildman–Crippen LogP) is 0.953. The van der Waals surface area contributed by atoms with Crippen LogP contribution >= 0.6 is 0 Å². The largest absolute Gasteiger partial charge is 0.405 e. The average Bonchev–Trinajstić information content (AvgIpc) is 2.62. The first-order valence-corrected chi connectivity index (χ1v) is 5.24. The van der Waals surface area contributed by atoms with Crippen molar-refractivity contribution >= 4 is 11.9 Å². The fraction of sp³-hybridized carbons (Fsp3) is 0.778. The number of halogens is 3. The molecule has 2 unspecified atom stereocenters. The van der Waals surface area contributed by atoms with E-state index in [1.54, 1.807) is 5.32 Å². The van der Waals surface area contributed by atoms with Crippen molar-refractivity contribution in [1.82, 2.24) is 10.6 Å². The Bertz CT molecular complexity index is 305. The molecule has 0 radical (unpaired) electrons. The second-order valence-corrected chi connectivity index (χ2v) is 4.04. The number of urea groups is 1. The van der Waals surface area contributed by atoms with Crippen molar-refractivity contribution in [2.24, 2.45) is 11.7 Å². The molecule has 0 aromatic heterocycles. The van der Waals surface area contributed by atoms with Crippen LogP contribution in [-0.4, -0.2) is 30.6 Å². The molecule has 0 bridgehead atoms. The molecular formula is C9H15F3N4O. The molecule has 1 fully saturated rings. The lowest BCUT2D eigenvalue weighted by Gasteiger charge is -2.20. The third-order valence-corrected chi connectivity index (χ3v) is 2.68. The van der Waals surface area contributed by atoms with Gasteiger partial charge in [0.15, 0.2) is 0 Å². The van der Waals surface area contributed by atoms with Crippen molar-refractivity contribution in [1.29, 1.82) is 5.41 Å². The first-order valence-electron chi connectivity index (χ1n) is 5.24. The summed E-state index contributed by atoms with van der Waals surface area (Å²) in [6, 6.07) is -1.22. The molecule has 5 N–H and O–H groups in total. The molecule has 8 heteroatoms. The summed E-state index contributed by atoms with van der Waals surface area (Å²) in [6.07, 6.45) is -2.31. The summed E-state index contributed by atoms with van der Waals surface area (Å²) in [4.78, 5) is 11.2. The number of nitrogens with one attached hydrogen (secondary N) is 3. The molecule has 2 atom stereocenters. The van der Waals surface area contributed by atoms with Gasteiger partial charge in [0, 0.05) is 12.0 Å². The van der Waals surface area contributed by atoms with E-state index in [9.17, 15) is 18.0 Å². The van der Waals surface area contributed by atoms with Crippen molar-refractivity contribution in [3.8, 4) is 0 Å². The van der Waals surface area contributed by atoms with E-state index in [-0.39, 0.29) is 17.8 Å². The normalized spacial score (nSPS) is 24.4. The summed E-state index contributed by atoms with van der Waals surface area (Å²) in [7, 11) is 0.